The van der Waals surface area contributed by atoms with Crippen molar-refractivity contribution in [2.75, 3.05) is 6.61 Å². The zero-order valence-electron chi connectivity index (χ0n) is 10.2. The highest BCUT2D eigenvalue weighted by atomic mass is 16.5. The summed E-state index contributed by atoms with van der Waals surface area (Å²) in [6.45, 7) is 7.60. The van der Waals surface area contributed by atoms with Crippen molar-refractivity contribution in [3.05, 3.63) is 22.3 Å². The minimum Gasteiger partial charge on any atom is -0.507 e. The summed E-state index contributed by atoms with van der Waals surface area (Å²) < 4.78 is 5.83. The number of aliphatic hydroxyl groups excluding tert-OH is 1. The number of aliphatic hydroxyl groups is 1. The number of rotatable bonds is 1. The normalized spacial score (nSPS) is 23.1. The highest BCUT2D eigenvalue weighted by molar-refractivity contribution is 5.59. The zero-order chi connectivity index (χ0) is 12.1. The van der Waals surface area contributed by atoms with Crippen LogP contribution in [0.4, 0.5) is 0 Å². The second-order valence-corrected chi connectivity index (χ2v) is 4.92. The van der Waals surface area contributed by atoms with E-state index in [-0.39, 0.29) is 6.61 Å². The molecule has 1 aliphatic rings. The molecule has 2 rings (SSSR count). The first-order valence-electron chi connectivity index (χ1n) is 5.51. The van der Waals surface area contributed by atoms with Crippen molar-refractivity contribution in [2.45, 2.75) is 39.7 Å². The topological polar surface area (TPSA) is 49.7 Å². The fourth-order valence-electron chi connectivity index (χ4n) is 2.26. The maximum Gasteiger partial charge on any atom is 0.133 e. The maximum atomic E-state index is 9.98. The second kappa shape index (κ2) is 3.39. The van der Waals surface area contributed by atoms with Crippen molar-refractivity contribution in [1.29, 1.82) is 0 Å². The largest absolute Gasteiger partial charge is 0.507 e. The van der Waals surface area contributed by atoms with E-state index in [1.807, 2.05) is 27.7 Å². The highest BCUT2D eigenvalue weighted by Gasteiger charge is 2.37. The number of fused-ring (bicyclic) bond motifs is 1. The molecule has 0 aliphatic carbocycles. The maximum absolute atomic E-state index is 9.98. The summed E-state index contributed by atoms with van der Waals surface area (Å²) in [7, 11) is 0. The van der Waals surface area contributed by atoms with Gasteiger partial charge in [-0.25, -0.2) is 0 Å². The molecule has 1 aliphatic heterocycles. The lowest BCUT2D eigenvalue weighted by molar-refractivity contribution is 0.0441. The van der Waals surface area contributed by atoms with Gasteiger partial charge in [-0.3, -0.25) is 0 Å². The van der Waals surface area contributed by atoms with Gasteiger partial charge in [0.2, 0.25) is 0 Å². The molecule has 1 aromatic carbocycles. The molecule has 1 aromatic rings. The number of hydrogen-bond acceptors (Lipinski definition) is 3. The quantitative estimate of drug-likeness (QED) is 0.764. The van der Waals surface area contributed by atoms with Crippen LogP contribution in [0.2, 0.25) is 0 Å². The smallest absolute Gasteiger partial charge is 0.133 e. The number of ether oxygens (including phenoxy) is 1. The Hall–Kier alpha value is -1.22. The van der Waals surface area contributed by atoms with Gasteiger partial charge < -0.3 is 14.9 Å². The molecule has 16 heavy (non-hydrogen) atoms. The molecular weight excluding hydrogens is 204 g/mol. The Morgan fingerprint density at radius 3 is 2.38 bits per heavy atom. The highest BCUT2D eigenvalue weighted by Crippen LogP contribution is 2.44. The van der Waals surface area contributed by atoms with E-state index < -0.39 is 5.60 Å². The van der Waals surface area contributed by atoms with Crippen LogP contribution in [-0.2, 0) is 6.42 Å². The summed E-state index contributed by atoms with van der Waals surface area (Å²) in [5.74, 6) is 1.19. The fourth-order valence-corrected chi connectivity index (χ4v) is 2.26. The van der Waals surface area contributed by atoms with Crippen molar-refractivity contribution in [1.82, 2.24) is 0 Å². The SMILES string of the molecule is Cc1c(C)c2c(c(C)c1O)C[C@@](C)(CO)O2. The predicted molar refractivity (Wildman–Crippen MR) is 62.1 cm³/mol. The number of hydrogen-bond donors (Lipinski definition) is 2. The summed E-state index contributed by atoms with van der Waals surface area (Å²) in [5, 5.41) is 19.3. The third kappa shape index (κ3) is 1.39. The Balaban J connectivity index is 2.62. The van der Waals surface area contributed by atoms with Crippen LogP contribution in [0.1, 0.15) is 29.2 Å². The molecule has 2 N–H and O–H groups in total. The monoisotopic (exact) mass is 222 g/mol. The lowest BCUT2D eigenvalue weighted by atomic mass is 9.93. The number of phenols is 1. The van der Waals surface area contributed by atoms with Gasteiger partial charge in [0.25, 0.3) is 0 Å². The van der Waals surface area contributed by atoms with Crippen molar-refractivity contribution in [3.63, 3.8) is 0 Å². The van der Waals surface area contributed by atoms with Gasteiger partial charge in [0.05, 0.1) is 6.61 Å². The van der Waals surface area contributed by atoms with E-state index in [1.165, 1.54) is 0 Å². The van der Waals surface area contributed by atoms with E-state index in [2.05, 4.69) is 0 Å². The summed E-state index contributed by atoms with van der Waals surface area (Å²) in [4.78, 5) is 0. The summed E-state index contributed by atoms with van der Waals surface area (Å²) in [5.41, 5.74) is 3.18. The van der Waals surface area contributed by atoms with Crippen molar-refractivity contribution >= 4 is 0 Å². The lowest BCUT2D eigenvalue weighted by Gasteiger charge is -2.21. The molecule has 0 spiro atoms. The van der Waals surface area contributed by atoms with Gasteiger partial charge in [-0.2, -0.15) is 0 Å². The minimum atomic E-state index is -0.544. The predicted octanol–water partition coefficient (Wildman–Crippen LogP) is 2.00. The molecule has 0 saturated carbocycles. The number of benzene rings is 1. The number of phenolic OH excluding ortho intramolecular Hbond substituents is 1. The molecule has 1 heterocycles. The summed E-state index contributed by atoms with van der Waals surface area (Å²) >= 11 is 0. The standard InChI is InChI=1S/C13H18O3/c1-7-8(2)12-10(9(3)11(7)15)5-13(4,6-14)16-12/h14-15H,5-6H2,1-4H3/t13-/m0/s1. The van der Waals surface area contributed by atoms with E-state index >= 15 is 0 Å². The molecule has 0 bridgehead atoms. The van der Waals surface area contributed by atoms with Crippen LogP contribution < -0.4 is 4.74 Å². The third-order valence-corrected chi connectivity index (χ3v) is 3.57. The molecule has 3 nitrogen and oxygen atoms in total. The van der Waals surface area contributed by atoms with Crippen LogP contribution in [-0.4, -0.2) is 22.4 Å². The summed E-state index contributed by atoms with van der Waals surface area (Å²) in [6.07, 6.45) is 0.652. The Bertz CT molecular complexity index is 412. The van der Waals surface area contributed by atoms with E-state index in [0.29, 0.717) is 12.2 Å². The molecule has 0 amide bonds. The Labute approximate surface area is 95.7 Å². The Kier molecular flexibility index (Phi) is 2.39. The Morgan fingerprint density at radius 1 is 1.19 bits per heavy atom. The van der Waals surface area contributed by atoms with Crippen LogP contribution in [0.15, 0.2) is 0 Å². The van der Waals surface area contributed by atoms with Crippen LogP contribution in [0, 0.1) is 20.8 Å². The first-order chi connectivity index (χ1) is 7.39. The van der Waals surface area contributed by atoms with Crippen LogP contribution in [0.3, 0.4) is 0 Å². The average molecular weight is 222 g/mol. The van der Waals surface area contributed by atoms with Crippen molar-refractivity contribution in [3.8, 4) is 11.5 Å². The first kappa shape index (κ1) is 11.3. The van der Waals surface area contributed by atoms with Gasteiger partial charge in [-0.1, -0.05) is 0 Å². The van der Waals surface area contributed by atoms with Crippen molar-refractivity contribution < 1.29 is 14.9 Å². The molecule has 3 heteroatoms. The Morgan fingerprint density at radius 2 is 1.81 bits per heavy atom. The summed E-state index contributed by atoms with van der Waals surface area (Å²) in [6, 6.07) is 0. The minimum absolute atomic E-state index is 0.0135. The van der Waals surface area contributed by atoms with Crippen LogP contribution >= 0.6 is 0 Å². The molecule has 0 aromatic heterocycles. The van der Waals surface area contributed by atoms with E-state index in [9.17, 15) is 10.2 Å². The third-order valence-electron chi connectivity index (χ3n) is 3.57. The number of aromatic hydroxyl groups is 1. The molecule has 1 atom stereocenters. The van der Waals surface area contributed by atoms with E-state index in [4.69, 9.17) is 4.74 Å². The van der Waals surface area contributed by atoms with Gasteiger partial charge in [-0.05, 0) is 44.4 Å². The first-order valence-corrected chi connectivity index (χ1v) is 5.51. The molecule has 88 valence electrons. The zero-order valence-corrected chi connectivity index (χ0v) is 10.2. The van der Waals surface area contributed by atoms with Crippen molar-refractivity contribution in [2.24, 2.45) is 0 Å². The lowest BCUT2D eigenvalue weighted by Crippen LogP contribution is -2.34. The molecule has 0 unspecified atom stereocenters. The van der Waals surface area contributed by atoms with E-state index in [0.717, 1.165) is 28.0 Å². The molecule has 0 fully saturated rings. The molecule has 0 saturated heterocycles. The van der Waals surface area contributed by atoms with E-state index in [1.54, 1.807) is 0 Å². The fraction of sp³-hybridized carbons (Fsp3) is 0.538. The van der Waals surface area contributed by atoms with Crippen LogP contribution in [0.5, 0.6) is 11.5 Å². The van der Waals surface area contributed by atoms with Gasteiger partial charge in [0.1, 0.15) is 17.1 Å². The second-order valence-electron chi connectivity index (χ2n) is 4.92. The van der Waals surface area contributed by atoms with Gasteiger partial charge in [0.15, 0.2) is 0 Å². The average Bonchev–Trinajstić information content (AvgIpc) is 2.63. The molecular formula is C13H18O3. The van der Waals surface area contributed by atoms with Gasteiger partial charge >= 0.3 is 0 Å². The van der Waals surface area contributed by atoms with Gasteiger partial charge in [-0.15, -0.1) is 0 Å². The molecule has 0 radical (unpaired) electrons. The van der Waals surface area contributed by atoms with Crippen LogP contribution in [0.25, 0.3) is 0 Å². The van der Waals surface area contributed by atoms with Gasteiger partial charge in [0, 0.05) is 12.0 Å².